The maximum Gasteiger partial charge on any atom is 0.282 e. The Hall–Kier alpha value is -1.22. The largest absolute Gasteiger partial charge is 0.481 e. The second-order valence-corrected chi connectivity index (χ2v) is 2.79. The van der Waals surface area contributed by atoms with Gasteiger partial charge in [-0.3, -0.25) is 0 Å². The molecule has 13 heavy (non-hydrogen) atoms. The predicted octanol–water partition coefficient (Wildman–Crippen LogP) is 1.67. The molecular weight excluding hydrogens is 168 g/mol. The van der Waals surface area contributed by atoms with E-state index in [9.17, 15) is 5.11 Å². The zero-order valence-electron chi connectivity index (χ0n) is 7.66. The SMILES string of the molecule is CO/C(O)=C(/CO)C1=CCCC=C1. The van der Waals surface area contributed by atoms with Crippen molar-refractivity contribution in [1.82, 2.24) is 0 Å². The zero-order chi connectivity index (χ0) is 9.68. The minimum atomic E-state index is -0.212. The van der Waals surface area contributed by atoms with Crippen molar-refractivity contribution in [3.8, 4) is 0 Å². The molecule has 0 radical (unpaired) electrons. The highest BCUT2D eigenvalue weighted by molar-refractivity contribution is 5.41. The van der Waals surface area contributed by atoms with Crippen LogP contribution in [0.4, 0.5) is 0 Å². The molecule has 1 aliphatic carbocycles. The second-order valence-electron chi connectivity index (χ2n) is 2.79. The summed E-state index contributed by atoms with van der Waals surface area (Å²) in [5, 5.41) is 18.3. The van der Waals surface area contributed by atoms with Gasteiger partial charge in [0.05, 0.1) is 19.3 Å². The van der Waals surface area contributed by atoms with Crippen LogP contribution in [-0.2, 0) is 4.74 Å². The third-order valence-electron chi connectivity index (χ3n) is 1.95. The molecule has 0 saturated carbocycles. The van der Waals surface area contributed by atoms with Crippen molar-refractivity contribution in [3.05, 3.63) is 35.3 Å². The zero-order valence-corrected chi connectivity index (χ0v) is 7.66. The van der Waals surface area contributed by atoms with Gasteiger partial charge in [0.1, 0.15) is 0 Å². The number of hydrogen-bond donors (Lipinski definition) is 2. The van der Waals surface area contributed by atoms with Gasteiger partial charge < -0.3 is 14.9 Å². The number of hydrogen-bond acceptors (Lipinski definition) is 3. The van der Waals surface area contributed by atoms with Gasteiger partial charge in [-0.2, -0.15) is 0 Å². The molecule has 0 aromatic rings. The fourth-order valence-electron chi connectivity index (χ4n) is 1.24. The minimum absolute atomic E-state index is 0.208. The topological polar surface area (TPSA) is 49.7 Å². The first kappa shape index (κ1) is 9.86. The Morgan fingerprint density at radius 3 is 2.77 bits per heavy atom. The number of aliphatic hydroxyl groups is 2. The molecule has 0 bridgehead atoms. The van der Waals surface area contributed by atoms with E-state index in [1.807, 2.05) is 18.2 Å². The molecule has 0 saturated heterocycles. The van der Waals surface area contributed by atoms with Gasteiger partial charge in [0.2, 0.25) is 0 Å². The number of allylic oxidation sites excluding steroid dienone is 3. The fraction of sp³-hybridized carbons (Fsp3) is 0.400. The predicted molar refractivity (Wildman–Crippen MR) is 50.2 cm³/mol. The number of rotatable bonds is 3. The van der Waals surface area contributed by atoms with E-state index in [2.05, 4.69) is 4.74 Å². The van der Waals surface area contributed by atoms with Crippen LogP contribution in [-0.4, -0.2) is 23.9 Å². The Morgan fingerprint density at radius 2 is 2.31 bits per heavy atom. The average molecular weight is 182 g/mol. The fourth-order valence-corrected chi connectivity index (χ4v) is 1.24. The Morgan fingerprint density at radius 1 is 1.54 bits per heavy atom. The summed E-state index contributed by atoms with van der Waals surface area (Å²) in [6, 6.07) is 0. The highest BCUT2D eigenvalue weighted by Gasteiger charge is 2.10. The number of aliphatic hydroxyl groups excluding tert-OH is 2. The van der Waals surface area contributed by atoms with Gasteiger partial charge in [0.25, 0.3) is 5.95 Å². The molecule has 3 nitrogen and oxygen atoms in total. The van der Waals surface area contributed by atoms with Gasteiger partial charge in [-0.25, -0.2) is 0 Å². The lowest BCUT2D eigenvalue weighted by Crippen LogP contribution is -2.02. The van der Waals surface area contributed by atoms with E-state index in [1.165, 1.54) is 7.11 Å². The molecule has 0 amide bonds. The molecule has 0 spiro atoms. The van der Waals surface area contributed by atoms with Crippen LogP contribution >= 0.6 is 0 Å². The summed E-state index contributed by atoms with van der Waals surface area (Å²) in [4.78, 5) is 0. The Bertz CT molecular complexity index is 261. The average Bonchev–Trinajstić information content (AvgIpc) is 2.20. The highest BCUT2D eigenvalue weighted by atomic mass is 16.6. The standard InChI is InChI=1S/C10H14O3/c1-13-10(12)9(7-11)8-5-3-2-4-6-8/h3,5-6,11-12H,2,4,7H2,1H3/b10-9-. The summed E-state index contributed by atoms with van der Waals surface area (Å²) >= 11 is 0. The number of ether oxygens (including phenoxy) is 1. The molecule has 0 heterocycles. The van der Waals surface area contributed by atoms with E-state index in [4.69, 9.17) is 5.11 Å². The smallest absolute Gasteiger partial charge is 0.282 e. The molecule has 1 rings (SSSR count). The maximum atomic E-state index is 9.29. The van der Waals surface area contributed by atoms with Crippen molar-refractivity contribution in [2.75, 3.05) is 13.7 Å². The lowest BCUT2D eigenvalue weighted by atomic mass is 10.0. The van der Waals surface area contributed by atoms with Crippen LogP contribution in [0.1, 0.15) is 12.8 Å². The molecule has 0 aromatic carbocycles. The van der Waals surface area contributed by atoms with E-state index in [0.29, 0.717) is 5.57 Å². The maximum absolute atomic E-state index is 9.29. The van der Waals surface area contributed by atoms with Gasteiger partial charge in [-0.15, -0.1) is 0 Å². The Labute approximate surface area is 77.7 Å². The van der Waals surface area contributed by atoms with Crippen LogP contribution in [0.2, 0.25) is 0 Å². The lowest BCUT2D eigenvalue weighted by molar-refractivity contribution is 0.127. The molecule has 0 aromatic heterocycles. The summed E-state index contributed by atoms with van der Waals surface area (Å²) in [5.41, 5.74) is 1.28. The minimum Gasteiger partial charge on any atom is -0.481 e. The first-order chi connectivity index (χ1) is 6.29. The van der Waals surface area contributed by atoms with Crippen LogP contribution in [0.5, 0.6) is 0 Å². The molecule has 0 atom stereocenters. The molecule has 1 aliphatic rings. The summed E-state index contributed by atoms with van der Waals surface area (Å²) in [7, 11) is 1.37. The van der Waals surface area contributed by atoms with Crippen LogP contribution in [0.25, 0.3) is 0 Å². The molecular formula is C10H14O3. The van der Waals surface area contributed by atoms with E-state index < -0.39 is 0 Å². The van der Waals surface area contributed by atoms with Crippen molar-refractivity contribution >= 4 is 0 Å². The highest BCUT2D eigenvalue weighted by Crippen LogP contribution is 2.19. The van der Waals surface area contributed by atoms with E-state index in [0.717, 1.165) is 18.4 Å². The number of methoxy groups -OCH3 is 1. The first-order valence-electron chi connectivity index (χ1n) is 4.23. The van der Waals surface area contributed by atoms with Crippen LogP contribution in [0.3, 0.4) is 0 Å². The van der Waals surface area contributed by atoms with Crippen molar-refractivity contribution in [2.45, 2.75) is 12.8 Å². The Balaban J connectivity index is 2.89. The molecule has 0 fully saturated rings. The van der Waals surface area contributed by atoms with Crippen molar-refractivity contribution in [3.63, 3.8) is 0 Å². The van der Waals surface area contributed by atoms with Gasteiger partial charge in [-0.1, -0.05) is 18.2 Å². The quantitative estimate of drug-likeness (QED) is 0.653. The second kappa shape index (κ2) is 4.72. The molecule has 72 valence electrons. The normalized spacial score (nSPS) is 17.8. The summed E-state index contributed by atoms with van der Waals surface area (Å²) < 4.78 is 4.66. The molecule has 3 heteroatoms. The molecule has 0 unspecified atom stereocenters. The molecule has 2 N–H and O–H groups in total. The van der Waals surface area contributed by atoms with E-state index in [1.54, 1.807) is 0 Å². The lowest BCUT2D eigenvalue weighted by Gasteiger charge is -2.10. The summed E-state index contributed by atoms with van der Waals surface area (Å²) in [6.45, 7) is -0.212. The van der Waals surface area contributed by atoms with E-state index in [-0.39, 0.29) is 12.6 Å². The van der Waals surface area contributed by atoms with Gasteiger partial charge in [-0.05, 0) is 18.4 Å². The molecule has 0 aliphatic heterocycles. The summed E-state index contributed by atoms with van der Waals surface area (Å²) in [5.74, 6) is -0.208. The summed E-state index contributed by atoms with van der Waals surface area (Å²) in [6.07, 6.45) is 7.81. The van der Waals surface area contributed by atoms with Gasteiger partial charge in [0.15, 0.2) is 0 Å². The Kier molecular flexibility index (Phi) is 3.58. The van der Waals surface area contributed by atoms with Crippen molar-refractivity contribution in [1.29, 1.82) is 0 Å². The first-order valence-corrected chi connectivity index (χ1v) is 4.23. The van der Waals surface area contributed by atoms with Gasteiger partial charge in [0, 0.05) is 0 Å². The van der Waals surface area contributed by atoms with E-state index >= 15 is 0 Å². The third-order valence-corrected chi connectivity index (χ3v) is 1.95. The van der Waals surface area contributed by atoms with Crippen LogP contribution in [0, 0.1) is 0 Å². The van der Waals surface area contributed by atoms with Gasteiger partial charge >= 0.3 is 0 Å². The van der Waals surface area contributed by atoms with Crippen molar-refractivity contribution in [2.24, 2.45) is 0 Å². The van der Waals surface area contributed by atoms with Crippen LogP contribution < -0.4 is 0 Å². The third kappa shape index (κ3) is 2.36. The monoisotopic (exact) mass is 182 g/mol. The van der Waals surface area contributed by atoms with Crippen LogP contribution in [0.15, 0.2) is 35.3 Å². The van der Waals surface area contributed by atoms with Crippen molar-refractivity contribution < 1.29 is 14.9 Å².